The maximum Gasteiger partial charge on any atom is 0.165 e. The van der Waals surface area contributed by atoms with Crippen molar-refractivity contribution in [2.24, 2.45) is 11.7 Å². The van der Waals surface area contributed by atoms with Crippen LogP contribution in [-0.2, 0) is 6.42 Å². The Morgan fingerprint density at radius 2 is 2.36 bits per heavy atom. The zero-order valence-electron chi connectivity index (χ0n) is 8.16. The molecule has 2 nitrogen and oxygen atoms in total. The van der Waals surface area contributed by atoms with Crippen molar-refractivity contribution in [1.29, 1.82) is 0 Å². The van der Waals surface area contributed by atoms with Gasteiger partial charge in [-0.1, -0.05) is 12.1 Å². The number of benzene rings is 1. The summed E-state index contributed by atoms with van der Waals surface area (Å²) < 4.78 is 18.6. The highest BCUT2D eigenvalue weighted by Crippen LogP contribution is 2.30. The highest BCUT2D eigenvalue weighted by atomic mass is 19.1. The van der Waals surface area contributed by atoms with E-state index in [2.05, 4.69) is 0 Å². The van der Waals surface area contributed by atoms with E-state index in [1.165, 1.54) is 6.07 Å². The van der Waals surface area contributed by atoms with Gasteiger partial charge >= 0.3 is 0 Å². The first kappa shape index (κ1) is 9.46. The van der Waals surface area contributed by atoms with Gasteiger partial charge in [0.1, 0.15) is 0 Å². The smallest absolute Gasteiger partial charge is 0.165 e. The number of hydrogen-bond donors (Lipinski definition) is 1. The topological polar surface area (TPSA) is 35.2 Å². The fourth-order valence-corrected chi connectivity index (χ4v) is 1.75. The number of rotatable bonds is 1. The Balaban J connectivity index is 2.27. The molecular weight excluding hydrogens is 181 g/mol. The maximum atomic E-state index is 13.2. The van der Waals surface area contributed by atoms with Crippen molar-refractivity contribution < 1.29 is 9.13 Å². The van der Waals surface area contributed by atoms with Crippen molar-refractivity contribution >= 4 is 0 Å². The van der Waals surface area contributed by atoms with Crippen LogP contribution in [0.1, 0.15) is 12.5 Å². The van der Waals surface area contributed by atoms with Gasteiger partial charge in [-0.25, -0.2) is 4.39 Å². The van der Waals surface area contributed by atoms with E-state index in [0.717, 1.165) is 12.0 Å². The van der Waals surface area contributed by atoms with Crippen LogP contribution in [-0.4, -0.2) is 12.6 Å². The summed E-state index contributed by atoms with van der Waals surface area (Å²) in [7, 11) is 0. The number of para-hydroxylation sites is 1. The van der Waals surface area contributed by atoms with Crippen molar-refractivity contribution in [3.63, 3.8) is 0 Å². The van der Waals surface area contributed by atoms with Gasteiger partial charge in [0.2, 0.25) is 0 Å². The van der Waals surface area contributed by atoms with Crippen molar-refractivity contribution in [1.82, 2.24) is 0 Å². The molecule has 1 aromatic rings. The van der Waals surface area contributed by atoms with Gasteiger partial charge in [0.15, 0.2) is 11.6 Å². The van der Waals surface area contributed by atoms with Crippen LogP contribution in [0.4, 0.5) is 4.39 Å². The summed E-state index contributed by atoms with van der Waals surface area (Å²) in [6.45, 7) is 2.48. The summed E-state index contributed by atoms with van der Waals surface area (Å²) in [5, 5.41) is 0. The molecule has 0 saturated carbocycles. The van der Waals surface area contributed by atoms with Gasteiger partial charge < -0.3 is 10.5 Å². The maximum absolute atomic E-state index is 13.2. The standard InChI is InChI=1S/C11H14FNO/c1-7(13)9-5-8-3-2-4-10(12)11(8)14-6-9/h2-4,7,9H,5-6,13H2,1H3/t7-,9?/m0/s1. The second kappa shape index (κ2) is 3.58. The minimum absolute atomic E-state index is 0.0893. The van der Waals surface area contributed by atoms with Crippen LogP contribution in [0.25, 0.3) is 0 Å². The summed E-state index contributed by atoms with van der Waals surface area (Å²) in [5.41, 5.74) is 6.72. The normalized spacial score (nSPS) is 22.4. The Morgan fingerprint density at radius 3 is 3.07 bits per heavy atom. The second-order valence-corrected chi connectivity index (χ2v) is 3.86. The minimum Gasteiger partial charge on any atom is -0.490 e. The summed E-state index contributed by atoms with van der Waals surface area (Å²) >= 11 is 0. The number of nitrogens with two attached hydrogens (primary N) is 1. The molecule has 0 spiro atoms. The van der Waals surface area contributed by atoms with E-state index < -0.39 is 0 Å². The lowest BCUT2D eigenvalue weighted by Gasteiger charge is -2.27. The molecule has 14 heavy (non-hydrogen) atoms. The van der Waals surface area contributed by atoms with E-state index in [4.69, 9.17) is 10.5 Å². The fourth-order valence-electron chi connectivity index (χ4n) is 1.75. The van der Waals surface area contributed by atoms with Crippen molar-refractivity contribution in [2.75, 3.05) is 6.61 Å². The molecule has 1 heterocycles. The zero-order valence-corrected chi connectivity index (χ0v) is 8.16. The third-order valence-electron chi connectivity index (χ3n) is 2.72. The molecule has 0 radical (unpaired) electrons. The lowest BCUT2D eigenvalue weighted by Crippen LogP contribution is -2.35. The molecule has 1 aliphatic rings. The third kappa shape index (κ3) is 1.60. The molecule has 1 unspecified atom stereocenters. The molecule has 1 aliphatic heterocycles. The van der Waals surface area contributed by atoms with Gasteiger partial charge in [0.25, 0.3) is 0 Å². The number of ether oxygens (including phenoxy) is 1. The molecule has 0 bridgehead atoms. The summed E-state index contributed by atoms with van der Waals surface area (Å²) in [4.78, 5) is 0. The lowest BCUT2D eigenvalue weighted by molar-refractivity contribution is 0.196. The monoisotopic (exact) mass is 195 g/mol. The molecule has 2 atom stereocenters. The molecular formula is C11H14FNO. The van der Waals surface area contributed by atoms with E-state index in [1.807, 2.05) is 13.0 Å². The van der Waals surface area contributed by atoms with Crippen LogP contribution in [0, 0.1) is 11.7 Å². The van der Waals surface area contributed by atoms with Crippen LogP contribution in [0.5, 0.6) is 5.75 Å². The lowest BCUT2D eigenvalue weighted by atomic mass is 9.92. The van der Waals surface area contributed by atoms with Crippen LogP contribution < -0.4 is 10.5 Å². The first-order chi connectivity index (χ1) is 6.68. The molecule has 2 rings (SSSR count). The average Bonchev–Trinajstić information content (AvgIpc) is 2.17. The Kier molecular flexibility index (Phi) is 2.42. The first-order valence-electron chi connectivity index (χ1n) is 4.84. The second-order valence-electron chi connectivity index (χ2n) is 3.86. The van der Waals surface area contributed by atoms with E-state index in [0.29, 0.717) is 18.3 Å². The fraction of sp³-hybridized carbons (Fsp3) is 0.455. The molecule has 76 valence electrons. The summed E-state index contributed by atoms with van der Waals surface area (Å²) in [6, 6.07) is 5.12. The number of fused-ring (bicyclic) bond motifs is 1. The van der Waals surface area contributed by atoms with Crippen LogP contribution >= 0.6 is 0 Å². The third-order valence-corrected chi connectivity index (χ3v) is 2.72. The first-order valence-corrected chi connectivity index (χ1v) is 4.84. The Labute approximate surface area is 82.9 Å². The Morgan fingerprint density at radius 1 is 1.57 bits per heavy atom. The van der Waals surface area contributed by atoms with E-state index in [9.17, 15) is 4.39 Å². The van der Waals surface area contributed by atoms with E-state index in [-0.39, 0.29) is 11.9 Å². The molecule has 1 aromatic carbocycles. The average molecular weight is 195 g/mol. The van der Waals surface area contributed by atoms with Crippen LogP contribution in [0.2, 0.25) is 0 Å². The highest BCUT2D eigenvalue weighted by molar-refractivity contribution is 5.36. The van der Waals surface area contributed by atoms with Crippen LogP contribution in [0.15, 0.2) is 18.2 Å². The van der Waals surface area contributed by atoms with E-state index in [1.54, 1.807) is 6.07 Å². The SMILES string of the molecule is C[C@H](N)C1COc2c(F)cccc2C1. The number of hydrogen-bond acceptors (Lipinski definition) is 2. The summed E-state index contributed by atoms with van der Waals surface area (Å²) in [6.07, 6.45) is 0.810. The zero-order chi connectivity index (χ0) is 10.1. The molecule has 0 aromatic heterocycles. The highest BCUT2D eigenvalue weighted by Gasteiger charge is 2.24. The van der Waals surface area contributed by atoms with Gasteiger partial charge in [-0.05, 0) is 25.0 Å². The van der Waals surface area contributed by atoms with Crippen molar-refractivity contribution in [2.45, 2.75) is 19.4 Å². The van der Waals surface area contributed by atoms with Gasteiger partial charge in [-0.15, -0.1) is 0 Å². The summed E-state index contributed by atoms with van der Waals surface area (Å²) in [5.74, 6) is 0.430. The predicted octanol–water partition coefficient (Wildman–Crippen LogP) is 1.72. The Hall–Kier alpha value is -1.09. The molecule has 0 saturated heterocycles. The van der Waals surface area contributed by atoms with Crippen molar-refractivity contribution in [3.05, 3.63) is 29.6 Å². The molecule has 0 amide bonds. The van der Waals surface area contributed by atoms with Gasteiger partial charge in [0, 0.05) is 12.0 Å². The number of halogens is 1. The molecule has 0 fully saturated rings. The van der Waals surface area contributed by atoms with Crippen LogP contribution in [0.3, 0.4) is 0 Å². The van der Waals surface area contributed by atoms with Crippen molar-refractivity contribution in [3.8, 4) is 5.75 Å². The van der Waals surface area contributed by atoms with Gasteiger partial charge in [-0.2, -0.15) is 0 Å². The Bertz CT molecular complexity index is 338. The minimum atomic E-state index is -0.273. The molecule has 0 aliphatic carbocycles. The quantitative estimate of drug-likeness (QED) is 0.740. The predicted molar refractivity (Wildman–Crippen MR) is 52.7 cm³/mol. The van der Waals surface area contributed by atoms with Gasteiger partial charge in [0.05, 0.1) is 6.61 Å². The largest absolute Gasteiger partial charge is 0.490 e. The molecule has 2 N–H and O–H groups in total. The molecule has 3 heteroatoms. The van der Waals surface area contributed by atoms with Gasteiger partial charge in [-0.3, -0.25) is 0 Å². The van der Waals surface area contributed by atoms with E-state index >= 15 is 0 Å².